The van der Waals surface area contributed by atoms with Crippen LogP contribution in [0.2, 0.25) is 0 Å². The fraction of sp³-hybridized carbons (Fsp3) is 0.267. The molecule has 1 heterocycles. The predicted octanol–water partition coefficient (Wildman–Crippen LogP) is 3.08. The second-order valence-corrected chi connectivity index (χ2v) is 4.93. The van der Waals surface area contributed by atoms with Gasteiger partial charge in [0.25, 0.3) is 11.6 Å². The Balaban J connectivity index is 2.15. The first-order valence-electron chi connectivity index (χ1n) is 6.44. The Bertz CT molecular complexity index is 691. The van der Waals surface area contributed by atoms with Crippen molar-refractivity contribution in [3.05, 3.63) is 63.1 Å². The topological polar surface area (TPSA) is 76.6 Å². The van der Waals surface area contributed by atoms with Crippen LogP contribution in [0.5, 0.6) is 0 Å². The minimum Gasteiger partial charge on any atom is -0.464 e. The molecule has 0 aliphatic carbocycles. The molecule has 2 rings (SSSR count). The summed E-state index contributed by atoms with van der Waals surface area (Å²) in [5, 5.41) is 10.8. The highest BCUT2D eigenvalue weighted by Crippen LogP contribution is 2.20. The van der Waals surface area contributed by atoms with Gasteiger partial charge in [0.15, 0.2) is 0 Å². The number of aryl methyl sites for hydroxylation is 2. The van der Waals surface area contributed by atoms with E-state index >= 15 is 0 Å². The van der Waals surface area contributed by atoms with E-state index in [1.54, 1.807) is 14.0 Å². The maximum atomic E-state index is 12.3. The van der Waals surface area contributed by atoms with E-state index in [4.69, 9.17) is 4.42 Å². The molecule has 0 N–H and O–H groups in total. The van der Waals surface area contributed by atoms with Gasteiger partial charge in [-0.15, -0.1) is 0 Å². The van der Waals surface area contributed by atoms with E-state index in [0.717, 1.165) is 5.76 Å². The van der Waals surface area contributed by atoms with Crippen LogP contribution in [0.1, 0.15) is 27.4 Å². The lowest BCUT2D eigenvalue weighted by molar-refractivity contribution is -0.385. The number of furan rings is 1. The van der Waals surface area contributed by atoms with Gasteiger partial charge in [0, 0.05) is 24.2 Å². The second-order valence-electron chi connectivity index (χ2n) is 4.93. The summed E-state index contributed by atoms with van der Waals surface area (Å²) in [6.45, 7) is 3.80. The van der Waals surface area contributed by atoms with Gasteiger partial charge in [-0.05, 0) is 38.1 Å². The highest BCUT2D eigenvalue weighted by molar-refractivity contribution is 5.94. The molecule has 1 aromatic carbocycles. The number of nitrogens with zero attached hydrogens (tertiary/aromatic N) is 2. The van der Waals surface area contributed by atoms with Crippen LogP contribution >= 0.6 is 0 Å². The molecule has 0 saturated heterocycles. The number of carbonyl (C=O) groups is 1. The first kappa shape index (κ1) is 14.8. The van der Waals surface area contributed by atoms with E-state index in [1.165, 1.54) is 23.1 Å². The summed E-state index contributed by atoms with van der Waals surface area (Å²) in [5.41, 5.74) is 0.896. The van der Waals surface area contributed by atoms with Gasteiger partial charge in [-0.3, -0.25) is 14.9 Å². The fourth-order valence-electron chi connectivity index (χ4n) is 2.09. The first-order chi connectivity index (χ1) is 9.88. The Morgan fingerprint density at radius 1 is 1.29 bits per heavy atom. The molecule has 6 heteroatoms. The van der Waals surface area contributed by atoms with E-state index in [0.29, 0.717) is 23.4 Å². The minimum atomic E-state index is -0.459. The smallest absolute Gasteiger partial charge is 0.272 e. The van der Waals surface area contributed by atoms with Crippen LogP contribution in [-0.4, -0.2) is 22.8 Å². The molecule has 2 aromatic rings. The highest BCUT2D eigenvalue weighted by Gasteiger charge is 2.17. The van der Waals surface area contributed by atoms with Crippen LogP contribution in [0, 0.1) is 24.0 Å². The van der Waals surface area contributed by atoms with E-state index in [-0.39, 0.29) is 11.6 Å². The Morgan fingerprint density at radius 3 is 2.52 bits per heavy atom. The average molecular weight is 288 g/mol. The van der Waals surface area contributed by atoms with Gasteiger partial charge in [0.2, 0.25) is 0 Å². The number of amides is 1. The second kappa shape index (κ2) is 5.78. The zero-order valence-corrected chi connectivity index (χ0v) is 12.1. The van der Waals surface area contributed by atoms with Crippen molar-refractivity contribution < 1.29 is 14.1 Å². The van der Waals surface area contributed by atoms with Crippen LogP contribution in [0.25, 0.3) is 0 Å². The van der Waals surface area contributed by atoms with Crippen molar-refractivity contribution in [2.24, 2.45) is 0 Å². The van der Waals surface area contributed by atoms with Crippen molar-refractivity contribution in [1.29, 1.82) is 0 Å². The summed E-state index contributed by atoms with van der Waals surface area (Å²) in [4.78, 5) is 24.1. The molecule has 21 heavy (non-hydrogen) atoms. The van der Waals surface area contributed by atoms with Gasteiger partial charge in [0.05, 0.1) is 11.5 Å². The summed E-state index contributed by atoms with van der Waals surface area (Å²) in [7, 11) is 1.66. The maximum Gasteiger partial charge on any atom is 0.272 e. The van der Waals surface area contributed by atoms with Crippen LogP contribution in [0.4, 0.5) is 5.69 Å². The van der Waals surface area contributed by atoms with Crippen molar-refractivity contribution in [3.63, 3.8) is 0 Å². The zero-order valence-electron chi connectivity index (χ0n) is 12.1. The Kier molecular flexibility index (Phi) is 4.07. The standard InChI is InChI=1S/C15H16N2O4/c1-10-8-12(5-7-14(10)17(19)20)15(18)16(3)9-13-6-4-11(2)21-13/h4-8H,9H2,1-3H3. The summed E-state index contributed by atoms with van der Waals surface area (Å²) in [5.74, 6) is 1.28. The summed E-state index contributed by atoms with van der Waals surface area (Å²) in [6, 6.07) is 8.01. The van der Waals surface area contributed by atoms with Crippen molar-refractivity contribution in [2.45, 2.75) is 20.4 Å². The van der Waals surface area contributed by atoms with Crippen LogP contribution in [0.3, 0.4) is 0 Å². The van der Waals surface area contributed by atoms with Gasteiger partial charge < -0.3 is 9.32 Å². The molecule has 0 radical (unpaired) electrons. The fourth-order valence-corrected chi connectivity index (χ4v) is 2.09. The molecule has 0 fully saturated rings. The molecule has 110 valence electrons. The first-order valence-corrected chi connectivity index (χ1v) is 6.44. The lowest BCUT2D eigenvalue weighted by atomic mass is 10.1. The molecule has 0 aliphatic heterocycles. The molecule has 0 unspecified atom stereocenters. The Morgan fingerprint density at radius 2 is 2.00 bits per heavy atom. The molecule has 0 aliphatic rings. The van der Waals surface area contributed by atoms with Crippen molar-refractivity contribution in [2.75, 3.05) is 7.05 Å². The molecule has 0 spiro atoms. The third-order valence-electron chi connectivity index (χ3n) is 3.18. The maximum absolute atomic E-state index is 12.3. The lowest BCUT2D eigenvalue weighted by Crippen LogP contribution is -2.26. The van der Waals surface area contributed by atoms with Gasteiger partial charge >= 0.3 is 0 Å². The van der Waals surface area contributed by atoms with Crippen molar-refractivity contribution in [1.82, 2.24) is 4.90 Å². The molecule has 0 bridgehead atoms. The van der Waals surface area contributed by atoms with Crippen LogP contribution < -0.4 is 0 Å². The molecule has 1 aromatic heterocycles. The number of nitro benzene ring substituents is 1. The third kappa shape index (κ3) is 3.28. The van der Waals surface area contributed by atoms with Gasteiger partial charge in [-0.25, -0.2) is 0 Å². The third-order valence-corrected chi connectivity index (χ3v) is 3.18. The Hall–Kier alpha value is -2.63. The largest absolute Gasteiger partial charge is 0.464 e. The average Bonchev–Trinajstić information content (AvgIpc) is 2.82. The summed E-state index contributed by atoms with van der Waals surface area (Å²) in [6.07, 6.45) is 0. The predicted molar refractivity (Wildman–Crippen MR) is 77.1 cm³/mol. The monoisotopic (exact) mass is 288 g/mol. The lowest BCUT2D eigenvalue weighted by Gasteiger charge is -2.16. The normalized spacial score (nSPS) is 10.4. The summed E-state index contributed by atoms with van der Waals surface area (Å²) < 4.78 is 5.43. The van der Waals surface area contributed by atoms with Gasteiger partial charge in [0.1, 0.15) is 11.5 Å². The minimum absolute atomic E-state index is 0.0101. The molecule has 0 atom stereocenters. The van der Waals surface area contributed by atoms with Gasteiger partial charge in [-0.1, -0.05) is 0 Å². The van der Waals surface area contributed by atoms with Crippen molar-refractivity contribution in [3.8, 4) is 0 Å². The number of nitro groups is 1. The highest BCUT2D eigenvalue weighted by atomic mass is 16.6. The molecule has 0 saturated carbocycles. The number of hydrogen-bond acceptors (Lipinski definition) is 4. The molecular formula is C15H16N2O4. The van der Waals surface area contributed by atoms with E-state index in [9.17, 15) is 14.9 Å². The SMILES string of the molecule is Cc1ccc(CN(C)C(=O)c2ccc([N+](=O)[O-])c(C)c2)o1. The van der Waals surface area contributed by atoms with E-state index < -0.39 is 4.92 Å². The van der Waals surface area contributed by atoms with Gasteiger partial charge in [-0.2, -0.15) is 0 Å². The molecule has 1 amide bonds. The zero-order chi connectivity index (χ0) is 15.6. The Labute approximate surface area is 122 Å². The van der Waals surface area contributed by atoms with Crippen LogP contribution in [-0.2, 0) is 6.54 Å². The van der Waals surface area contributed by atoms with E-state index in [1.807, 2.05) is 19.1 Å². The van der Waals surface area contributed by atoms with Crippen LogP contribution in [0.15, 0.2) is 34.7 Å². The quantitative estimate of drug-likeness (QED) is 0.640. The number of rotatable bonds is 4. The summed E-state index contributed by atoms with van der Waals surface area (Å²) >= 11 is 0. The number of hydrogen-bond donors (Lipinski definition) is 0. The number of benzene rings is 1. The molecule has 6 nitrogen and oxygen atoms in total. The van der Waals surface area contributed by atoms with Crippen molar-refractivity contribution >= 4 is 11.6 Å². The van der Waals surface area contributed by atoms with E-state index in [2.05, 4.69) is 0 Å². The number of carbonyl (C=O) groups excluding carboxylic acids is 1. The molecular weight excluding hydrogens is 272 g/mol.